The smallest absolute Gasteiger partial charge is 0.144 e. The fraction of sp³-hybridized carbons (Fsp3) is 0.263. The van der Waals surface area contributed by atoms with E-state index < -0.39 is 5.54 Å². The lowest BCUT2D eigenvalue weighted by atomic mass is 9.85. The van der Waals surface area contributed by atoms with Crippen molar-refractivity contribution >= 4 is 0 Å². The summed E-state index contributed by atoms with van der Waals surface area (Å²) >= 11 is 0. The predicted octanol–water partition coefficient (Wildman–Crippen LogP) is 4.38. The summed E-state index contributed by atoms with van der Waals surface area (Å²) in [7, 11) is 1.47. The fourth-order valence-electron chi connectivity index (χ4n) is 2.93. The average molecular weight is 324 g/mol. The molecule has 5 heteroatoms. The third-order valence-corrected chi connectivity index (χ3v) is 4.68. The van der Waals surface area contributed by atoms with E-state index in [1.54, 1.807) is 18.6 Å². The zero-order valence-corrected chi connectivity index (χ0v) is 14.1. The molecule has 24 heavy (non-hydrogen) atoms. The molecule has 2 heterocycles. The van der Waals surface area contributed by atoms with Crippen molar-refractivity contribution in [3.63, 3.8) is 0 Å². The molecule has 1 atom stereocenters. The van der Waals surface area contributed by atoms with Gasteiger partial charge in [0, 0.05) is 31.2 Å². The minimum absolute atomic E-state index is 0.643. The van der Waals surface area contributed by atoms with E-state index in [2.05, 4.69) is 9.97 Å². The van der Waals surface area contributed by atoms with Crippen molar-refractivity contribution in [1.29, 1.82) is 0 Å². The molecule has 0 aliphatic carbocycles. The van der Waals surface area contributed by atoms with Crippen LogP contribution in [0.15, 0.2) is 61.2 Å². The normalized spacial score (nSPS) is 13.9. The minimum atomic E-state index is -0.720. The summed E-state index contributed by atoms with van der Waals surface area (Å²) in [6.07, 6.45) is 7.81. The van der Waals surface area contributed by atoms with Crippen LogP contribution in [-0.2, 0) is 5.54 Å². The van der Waals surface area contributed by atoms with Gasteiger partial charge in [0.1, 0.15) is 5.82 Å². The molecule has 0 fully saturated rings. The van der Waals surface area contributed by atoms with Gasteiger partial charge < -0.3 is 0 Å². The van der Waals surface area contributed by atoms with Crippen LogP contribution in [0.3, 0.4) is 0 Å². The van der Waals surface area contributed by atoms with Crippen molar-refractivity contribution in [3.8, 4) is 17.1 Å². The van der Waals surface area contributed by atoms with E-state index >= 15 is 0 Å². The Bertz CT molecular complexity index is 813. The largest absolute Gasteiger partial charge is 0.298 e. The minimum Gasteiger partial charge on any atom is -0.298 e. The Labute approximate surface area is 141 Å². The maximum atomic E-state index is 14.3. The number of aromatic nitrogens is 3. The van der Waals surface area contributed by atoms with Gasteiger partial charge in [0.2, 0.25) is 0 Å². The second kappa shape index (κ2) is 6.53. The van der Waals surface area contributed by atoms with Gasteiger partial charge in [-0.3, -0.25) is 9.55 Å². The Balaban J connectivity index is 2.19. The quantitative estimate of drug-likeness (QED) is 0.653. The van der Waals surface area contributed by atoms with E-state index in [0.29, 0.717) is 6.42 Å². The van der Waals surface area contributed by atoms with Gasteiger partial charge in [-0.25, -0.2) is 4.98 Å². The number of halogens is 1. The van der Waals surface area contributed by atoms with Crippen LogP contribution < -0.4 is 0 Å². The van der Waals surface area contributed by atoms with E-state index in [1.807, 2.05) is 61.0 Å². The maximum absolute atomic E-state index is 14.3. The van der Waals surface area contributed by atoms with Crippen LogP contribution in [0.2, 0.25) is 0 Å². The first kappa shape index (κ1) is 16.3. The molecule has 0 radical (unpaired) electrons. The van der Waals surface area contributed by atoms with Gasteiger partial charge >= 0.3 is 0 Å². The fourth-order valence-corrected chi connectivity index (χ4v) is 2.93. The molecule has 0 saturated carbocycles. The van der Waals surface area contributed by atoms with Gasteiger partial charge in [-0.2, -0.15) is 0 Å². The molecule has 124 valence electrons. The lowest BCUT2D eigenvalue weighted by molar-refractivity contribution is -0.0563. The number of rotatable bonds is 5. The molecule has 2 aromatic heterocycles. The van der Waals surface area contributed by atoms with Gasteiger partial charge in [0.25, 0.3) is 0 Å². The van der Waals surface area contributed by atoms with E-state index in [1.165, 1.54) is 7.05 Å². The van der Waals surface area contributed by atoms with Crippen molar-refractivity contribution in [3.05, 3.63) is 66.7 Å². The third-order valence-electron chi connectivity index (χ3n) is 4.68. The van der Waals surface area contributed by atoms with E-state index in [9.17, 15) is 4.48 Å². The van der Waals surface area contributed by atoms with E-state index in [4.69, 9.17) is 0 Å². The molecular formula is C19H21FN4. The Morgan fingerprint density at radius 3 is 2.62 bits per heavy atom. The van der Waals surface area contributed by atoms with Gasteiger partial charge in [-0.15, -0.1) is 9.60 Å². The molecule has 0 spiro atoms. The number of benzene rings is 1. The molecule has 0 amide bonds. The highest BCUT2D eigenvalue weighted by Gasteiger charge is 2.33. The summed E-state index contributed by atoms with van der Waals surface area (Å²) < 4.78 is 16.2. The van der Waals surface area contributed by atoms with Crippen LogP contribution in [0.4, 0.5) is 4.48 Å². The van der Waals surface area contributed by atoms with Gasteiger partial charge in [0.15, 0.2) is 0 Å². The van der Waals surface area contributed by atoms with E-state index in [-0.39, 0.29) is 0 Å². The van der Waals surface area contributed by atoms with Crippen LogP contribution in [0.5, 0.6) is 0 Å². The Hall–Kier alpha value is -2.53. The summed E-state index contributed by atoms with van der Waals surface area (Å²) in [6, 6.07) is 11.7. The molecule has 0 bridgehead atoms. The van der Waals surface area contributed by atoms with Gasteiger partial charge in [-0.05, 0) is 31.0 Å². The van der Waals surface area contributed by atoms with Crippen LogP contribution in [0, 0.1) is 0 Å². The average Bonchev–Trinajstić information content (AvgIpc) is 3.11. The molecule has 1 aromatic carbocycles. The molecule has 1 unspecified atom stereocenters. The monoisotopic (exact) mass is 324 g/mol. The molecule has 0 saturated heterocycles. The van der Waals surface area contributed by atoms with Gasteiger partial charge in [-0.1, -0.05) is 31.2 Å². The second-order valence-electron chi connectivity index (χ2n) is 5.98. The highest BCUT2D eigenvalue weighted by atomic mass is 19.2. The number of imidazole rings is 1. The summed E-state index contributed by atoms with van der Waals surface area (Å²) in [5.41, 5.74) is 2.03. The van der Waals surface area contributed by atoms with Crippen LogP contribution in [0.25, 0.3) is 17.1 Å². The predicted molar refractivity (Wildman–Crippen MR) is 93.3 cm³/mol. The Morgan fingerprint density at radius 1 is 1.17 bits per heavy atom. The molecule has 3 aromatic rings. The number of nitrogens with zero attached hydrogens (tertiary/aromatic N) is 4. The van der Waals surface area contributed by atoms with E-state index in [0.717, 1.165) is 27.8 Å². The topological polar surface area (TPSA) is 34.0 Å². The van der Waals surface area contributed by atoms with Crippen LogP contribution >= 0.6 is 0 Å². The molecule has 3 rings (SSSR count). The highest BCUT2D eigenvalue weighted by Crippen LogP contribution is 2.37. The number of pyridine rings is 1. The maximum Gasteiger partial charge on any atom is 0.144 e. The Morgan fingerprint density at radius 2 is 1.96 bits per heavy atom. The SMILES string of the molecule is CCC(C)(c1ccccc1-c1nccn1-c1cccnc1)N(C)F. The lowest BCUT2D eigenvalue weighted by Gasteiger charge is -2.33. The van der Waals surface area contributed by atoms with Crippen LogP contribution in [0.1, 0.15) is 25.8 Å². The summed E-state index contributed by atoms with van der Waals surface area (Å²) in [5.74, 6) is 0.778. The number of hydrogen-bond donors (Lipinski definition) is 0. The summed E-state index contributed by atoms with van der Waals surface area (Å²) in [4.78, 5) is 8.70. The molecule has 4 nitrogen and oxygen atoms in total. The number of hydrogen-bond acceptors (Lipinski definition) is 3. The van der Waals surface area contributed by atoms with Crippen molar-refractivity contribution in [2.45, 2.75) is 25.8 Å². The molecule has 0 aliphatic rings. The molecular weight excluding hydrogens is 303 g/mol. The Kier molecular flexibility index (Phi) is 4.44. The standard InChI is InChI=1S/C19H21FN4/c1-4-19(2,23(3)20)17-10-6-5-9-16(17)18-22-12-13-24(18)15-8-7-11-21-14-15/h5-14H,4H2,1-3H3. The highest BCUT2D eigenvalue weighted by molar-refractivity contribution is 5.64. The van der Waals surface area contributed by atoms with Crippen molar-refractivity contribution < 1.29 is 4.48 Å². The van der Waals surface area contributed by atoms with Crippen molar-refractivity contribution in [2.75, 3.05) is 7.05 Å². The lowest BCUT2D eigenvalue weighted by Crippen LogP contribution is -2.35. The first-order valence-corrected chi connectivity index (χ1v) is 8.01. The second-order valence-corrected chi connectivity index (χ2v) is 5.98. The van der Waals surface area contributed by atoms with Crippen molar-refractivity contribution in [2.24, 2.45) is 0 Å². The first-order valence-electron chi connectivity index (χ1n) is 8.01. The summed E-state index contributed by atoms with van der Waals surface area (Å²) in [5, 5.41) is 0.781. The first-order chi connectivity index (χ1) is 11.6. The zero-order chi connectivity index (χ0) is 17.2. The third kappa shape index (κ3) is 2.71. The zero-order valence-electron chi connectivity index (χ0n) is 14.1. The summed E-state index contributed by atoms with van der Waals surface area (Å²) in [6.45, 7) is 3.89. The van der Waals surface area contributed by atoms with Gasteiger partial charge in [0.05, 0.1) is 17.4 Å². The van der Waals surface area contributed by atoms with Crippen molar-refractivity contribution in [1.82, 2.24) is 19.7 Å². The van der Waals surface area contributed by atoms with Crippen LogP contribution in [-0.4, -0.2) is 26.7 Å². The molecule has 0 aliphatic heterocycles. The molecule has 0 N–H and O–H groups in total.